The molecule has 2 heterocycles. The van der Waals surface area contributed by atoms with Gasteiger partial charge in [0.05, 0.1) is 6.61 Å². The summed E-state index contributed by atoms with van der Waals surface area (Å²) >= 11 is 5.86. The van der Waals surface area contributed by atoms with E-state index in [1.165, 1.54) is 11.1 Å². The maximum Gasteiger partial charge on any atom is 0.313 e. The molecule has 1 unspecified atom stereocenters. The Labute approximate surface area is 169 Å². The highest BCUT2D eigenvalue weighted by atomic mass is 35.5. The molecule has 6 heteroatoms. The number of carbonyl (C=O) groups excluding carboxylic acids is 2. The molecule has 1 fully saturated rings. The highest BCUT2D eigenvalue weighted by molar-refractivity contribution is 6.39. The van der Waals surface area contributed by atoms with E-state index in [4.69, 9.17) is 16.3 Å². The number of anilines is 1. The number of benzene rings is 2. The van der Waals surface area contributed by atoms with Crippen LogP contribution in [0.5, 0.6) is 5.75 Å². The number of rotatable bonds is 1. The second-order valence-electron chi connectivity index (χ2n) is 7.68. The molecule has 146 valence electrons. The average Bonchev–Trinajstić information content (AvgIpc) is 2.88. The standard InChI is InChI=1S/C22H23ClN2O3/c1-15-3-8-18-19(13-15)28-14-22(18)9-2-11-25(12-10-22)21(27)20(26)24-17-6-4-16(23)5-7-17/h3-8,13H,2,9-12,14H2,1H3,(H,24,26). The van der Waals surface area contributed by atoms with Crippen LogP contribution in [0.15, 0.2) is 42.5 Å². The van der Waals surface area contributed by atoms with E-state index < -0.39 is 11.8 Å². The molecular weight excluding hydrogens is 376 g/mol. The van der Waals surface area contributed by atoms with Gasteiger partial charge in [-0.1, -0.05) is 23.7 Å². The quantitative estimate of drug-likeness (QED) is 0.740. The summed E-state index contributed by atoms with van der Waals surface area (Å²) in [5.41, 5.74) is 2.91. The van der Waals surface area contributed by atoms with Crippen LogP contribution in [0.3, 0.4) is 0 Å². The van der Waals surface area contributed by atoms with Gasteiger partial charge in [0, 0.05) is 34.8 Å². The number of nitrogens with zero attached hydrogens (tertiary/aromatic N) is 1. The number of halogens is 1. The van der Waals surface area contributed by atoms with Crippen molar-refractivity contribution < 1.29 is 14.3 Å². The normalized spacial score (nSPS) is 21.0. The minimum atomic E-state index is -0.614. The summed E-state index contributed by atoms with van der Waals surface area (Å²) in [6, 6.07) is 13.1. The number of likely N-dealkylation sites (tertiary alicyclic amines) is 1. The van der Waals surface area contributed by atoms with Gasteiger partial charge in [-0.3, -0.25) is 9.59 Å². The molecule has 2 amide bonds. The van der Waals surface area contributed by atoms with Crippen molar-refractivity contribution in [2.24, 2.45) is 0 Å². The summed E-state index contributed by atoms with van der Waals surface area (Å²) in [5.74, 6) is -0.146. The van der Waals surface area contributed by atoms with Crippen molar-refractivity contribution in [1.82, 2.24) is 4.90 Å². The second-order valence-corrected chi connectivity index (χ2v) is 8.11. The maximum absolute atomic E-state index is 12.7. The molecule has 0 aliphatic carbocycles. The van der Waals surface area contributed by atoms with Gasteiger partial charge in [0.1, 0.15) is 5.75 Å². The lowest BCUT2D eigenvalue weighted by Crippen LogP contribution is -2.41. The lowest BCUT2D eigenvalue weighted by atomic mass is 9.76. The number of fused-ring (bicyclic) bond motifs is 2. The van der Waals surface area contributed by atoms with Crippen molar-refractivity contribution in [3.63, 3.8) is 0 Å². The average molecular weight is 399 g/mol. The zero-order valence-electron chi connectivity index (χ0n) is 15.8. The smallest absolute Gasteiger partial charge is 0.313 e. The molecule has 1 atom stereocenters. The first-order valence-corrected chi connectivity index (χ1v) is 9.94. The van der Waals surface area contributed by atoms with Gasteiger partial charge in [-0.05, 0) is 62.1 Å². The zero-order chi connectivity index (χ0) is 19.7. The first-order chi connectivity index (χ1) is 13.5. The van der Waals surface area contributed by atoms with Crippen molar-refractivity contribution in [3.8, 4) is 5.75 Å². The molecule has 2 aliphatic rings. The van der Waals surface area contributed by atoms with Crippen molar-refractivity contribution in [2.45, 2.75) is 31.6 Å². The Hall–Kier alpha value is -2.53. The fourth-order valence-electron chi connectivity index (χ4n) is 4.15. The minimum absolute atomic E-state index is 0.0648. The van der Waals surface area contributed by atoms with Crippen molar-refractivity contribution >= 4 is 29.1 Å². The lowest BCUT2D eigenvalue weighted by Gasteiger charge is -2.26. The van der Waals surface area contributed by atoms with Gasteiger partial charge in [0.15, 0.2) is 0 Å². The van der Waals surface area contributed by atoms with Gasteiger partial charge in [0.2, 0.25) is 0 Å². The van der Waals surface area contributed by atoms with Crippen LogP contribution in [-0.2, 0) is 15.0 Å². The first-order valence-electron chi connectivity index (χ1n) is 9.57. The van der Waals surface area contributed by atoms with Crippen molar-refractivity contribution in [1.29, 1.82) is 0 Å². The Balaban J connectivity index is 1.44. The van der Waals surface area contributed by atoms with E-state index in [1.807, 2.05) is 0 Å². The Kier molecular flexibility index (Phi) is 5.02. The van der Waals surface area contributed by atoms with E-state index in [0.717, 1.165) is 25.0 Å². The molecule has 0 saturated carbocycles. The maximum atomic E-state index is 12.7. The van der Waals surface area contributed by atoms with Crippen LogP contribution in [0.25, 0.3) is 0 Å². The van der Waals surface area contributed by atoms with E-state index in [2.05, 4.69) is 30.4 Å². The third kappa shape index (κ3) is 3.59. The van der Waals surface area contributed by atoms with Gasteiger partial charge >= 0.3 is 11.8 Å². The van der Waals surface area contributed by atoms with Gasteiger partial charge in [-0.25, -0.2) is 0 Å². The molecule has 0 radical (unpaired) electrons. The molecule has 0 bridgehead atoms. The molecule has 4 rings (SSSR count). The van der Waals surface area contributed by atoms with Gasteiger partial charge < -0.3 is 15.0 Å². The highest BCUT2D eigenvalue weighted by Gasteiger charge is 2.42. The predicted octanol–water partition coefficient (Wildman–Crippen LogP) is 3.93. The molecule has 2 aromatic carbocycles. The Bertz CT molecular complexity index is 912. The van der Waals surface area contributed by atoms with Crippen molar-refractivity contribution in [3.05, 3.63) is 58.6 Å². The lowest BCUT2D eigenvalue weighted by molar-refractivity contribution is -0.143. The van der Waals surface area contributed by atoms with Crippen LogP contribution >= 0.6 is 11.6 Å². The largest absolute Gasteiger partial charge is 0.492 e. The van der Waals surface area contributed by atoms with E-state index in [9.17, 15) is 9.59 Å². The summed E-state index contributed by atoms with van der Waals surface area (Å²) < 4.78 is 5.97. The van der Waals surface area contributed by atoms with E-state index in [-0.39, 0.29) is 5.41 Å². The van der Waals surface area contributed by atoms with E-state index in [1.54, 1.807) is 29.2 Å². The SMILES string of the molecule is Cc1ccc2c(c1)OCC21CCCN(C(=O)C(=O)Nc2ccc(Cl)cc2)CC1. The summed E-state index contributed by atoms with van der Waals surface area (Å²) in [5, 5.41) is 3.24. The first kappa shape index (κ1) is 18.8. The fourth-order valence-corrected chi connectivity index (χ4v) is 4.28. The Morgan fingerprint density at radius 3 is 2.68 bits per heavy atom. The van der Waals surface area contributed by atoms with Gasteiger partial charge in [0.25, 0.3) is 0 Å². The number of ether oxygens (including phenoxy) is 1. The molecule has 2 aromatic rings. The summed E-state index contributed by atoms with van der Waals surface area (Å²) in [4.78, 5) is 26.7. The highest BCUT2D eigenvalue weighted by Crippen LogP contribution is 2.45. The van der Waals surface area contributed by atoms with Crippen LogP contribution in [0.4, 0.5) is 5.69 Å². The van der Waals surface area contributed by atoms with Crippen LogP contribution < -0.4 is 10.1 Å². The van der Waals surface area contributed by atoms with Crippen LogP contribution in [0.1, 0.15) is 30.4 Å². The summed E-state index contributed by atoms with van der Waals surface area (Å²) in [7, 11) is 0. The molecule has 1 N–H and O–H groups in total. The fraction of sp³-hybridized carbons (Fsp3) is 0.364. The monoisotopic (exact) mass is 398 g/mol. The van der Waals surface area contributed by atoms with Crippen molar-refractivity contribution in [2.75, 3.05) is 25.0 Å². The van der Waals surface area contributed by atoms with Gasteiger partial charge in [-0.15, -0.1) is 0 Å². The molecule has 1 spiro atoms. The predicted molar refractivity (Wildman–Crippen MR) is 109 cm³/mol. The molecular formula is C22H23ClN2O3. The third-order valence-electron chi connectivity index (χ3n) is 5.74. The summed E-state index contributed by atoms with van der Waals surface area (Å²) in [6.45, 7) is 3.82. The second kappa shape index (κ2) is 7.47. The molecule has 0 aromatic heterocycles. The number of hydrogen-bond donors (Lipinski definition) is 1. The summed E-state index contributed by atoms with van der Waals surface area (Å²) in [6.07, 6.45) is 2.59. The molecule has 5 nitrogen and oxygen atoms in total. The topological polar surface area (TPSA) is 58.6 Å². The molecule has 28 heavy (non-hydrogen) atoms. The number of hydrogen-bond acceptors (Lipinski definition) is 3. The van der Waals surface area contributed by atoms with E-state index in [0.29, 0.717) is 30.4 Å². The number of aryl methyl sites for hydroxylation is 1. The molecule has 1 saturated heterocycles. The van der Waals surface area contributed by atoms with Gasteiger partial charge in [-0.2, -0.15) is 0 Å². The van der Waals surface area contributed by atoms with Crippen LogP contribution in [0, 0.1) is 6.92 Å². The minimum Gasteiger partial charge on any atom is -0.492 e. The number of carbonyl (C=O) groups is 2. The van der Waals surface area contributed by atoms with E-state index >= 15 is 0 Å². The van der Waals surface area contributed by atoms with Crippen LogP contribution in [-0.4, -0.2) is 36.4 Å². The Morgan fingerprint density at radius 2 is 1.89 bits per heavy atom. The van der Waals surface area contributed by atoms with Crippen LogP contribution in [0.2, 0.25) is 5.02 Å². The Morgan fingerprint density at radius 1 is 1.11 bits per heavy atom. The number of nitrogens with one attached hydrogen (secondary N) is 1. The zero-order valence-corrected chi connectivity index (χ0v) is 16.6. The third-order valence-corrected chi connectivity index (χ3v) is 5.99. The number of amides is 2. The molecule has 2 aliphatic heterocycles.